The maximum Gasteiger partial charge on any atom is 0.230 e. The summed E-state index contributed by atoms with van der Waals surface area (Å²) in [5.74, 6) is 0.245. The first-order chi connectivity index (χ1) is 12.0. The highest BCUT2D eigenvalue weighted by atomic mass is 32.2. The van der Waals surface area contributed by atoms with Gasteiger partial charge in [0.1, 0.15) is 0 Å². The van der Waals surface area contributed by atoms with Crippen LogP contribution < -0.4 is 5.32 Å². The summed E-state index contributed by atoms with van der Waals surface area (Å²) in [7, 11) is 0. The number of rotatable bonds is 6. The van der Waals surface area contributed by atoms with E-state index in [4.69, 9.17) is 0 Å². The van der Waals surface area contributed by atoms with E-state index in [1.165, 1.54) is 22.5 Å². The van der Waals surface area contributed by atoms with E-state index in [1.807, 2.05) is 32.9 Å². The maximum absolute atomic E-state index is 12.3. The molecule has 0 aliphatic carbocycles. The van der Waals surface area contributed by atoms with Gasteiger partial charge in [0, 0.05) is 0 Å². The van der Waals surface area contributed by atoms with E-state index in [9.17, 15) is 4.79 Å². The first-order valence-electron chi connectivity index (χ1n) is 8.23. The zero-order chi connectivity index (χ0) is 17.8. The number of fused-ring (bicyclic) bond motifs is 1. The monoisotopic (exact) mass is 355 g/mol. The van der Waals surface area contributed by atoms with Gasteiger partial charge in [0.15, 0.2) is 0 Å². The van der Waals surface area contributed by atoms with E-state index in [2.05, 4.69) is 51.2 Å². The Kier molecular flexibility index (Phi) is 5.33. The maximum atomic E-state index is 12.3. The topological polar surface area (TPSA) is 72.7 Å². The van der Waals surface area contributed by atoms with Gasteiger partial charge in [-0.1, -0.05) is 48.2 Å². The van der Waals surface area contributed by atoms with Crippen molar-refractivity contribution >= 4 is 28.4 Å². The average Bonchev–Trinajstić information content (AvgIpc) is 3.08. The number of hydrogen-bond donors (Lipinski definition) is 1. The third-order valence-electron chi connectivity index (χ3n) is 3.94. The molecule has 25 heavy (non-hydrogen) atoms. The van der Waals surface area contributed by atoms with E-state index in [0.29, 0.717) is 5.16 Å². The van der Waals surface area contributed by atoms with E-state index < -0.39 is 0 Å². The molecule has 0 aliphatic heterocycles. The van der Waals surface area contributed by atoms with E-state index >= 15 is 0 Å². The second kappa shape index (κ2) is 7.65. The fraction of sp³-hybridized carbons (Fsp3) is 0.333. The van der Waals surface area contributed by atoms with Gasteiger partial charge in [0.25, 0.3) is 0 Å². The van der Waals surface area contributed by atoms with Crippen LogP contribution in [-0.2, 0) is 4.79 Å². The van der Waals surface area contributed by atoms with Crippen LogP contribution in [0.25, 0.3) is 10.8 Å². The minimum absolute atomic E-state index is 0.0380. The van der Waals surface area contributed by atoms with Gasteiger partial charge in [-0.15, -0.1) is 5.10 Å². The van der Waals surface area contributed by atoms with Gasteiger partial charge < -0.3 is 5.32 Å². The van der Waals surface area contributed by atoms with Crippen molar-refractivity contribution in [2.75, 3.05) is 5.75 Å². The zero-order valence-corrected chi connectivity index (χ0v) is 15.3. The summed E-state index contributed by atoms with van der Waals surface area (Å²) in [5, 5.41) is 17.6. The summed E-state index contributed by atoms with van der Waals surface area (Å²) in [6.07, 6.45) is 0. The van der Waals surface area contributed by atoms with E-state index in [-0.39, 0.29) is 23.7 Å². The molecule has 2 aromatic carbocycles. The molecule has 1 heterocycles. The van der Waals surface area contributed by atoms with Gasteiger partial charge in [-0.25, -0.2) is 4.68 Å². The van der Waals surface area contributed by atoms with Gasteiger partial charge >= 0.3 is 0 Å². The van der Waals surface area contributed by atoms with Crippen LogP contribution in [0, 0.1) is 0 Å². The summed E-state index contributed by atoms with van der Waals surface area (Å²) in [4.78, 5) is 12.3. The number of nitrogens with one attached hydrogen (secondary N) is 1. The van der Waals surface area contributed by atoms with Crippen molar-refractivity contribution < 1.29 is 4.79 Å². The highest BCUT2D eigenvalue weighted by Crippen LogP contribution is 2.21. The highest BCUT2D eigenvalue weighted by Gasteiger charge is 2.14. The molecule has 1 amide bonds. The summed E-state index contributed by atoms with van der Waals surface area (Å²) in [6, 6.07) is 14.6. The number of carbonyl (C=O) groups is 1. The minimum atomic E-state index is -0.0567. The number of tetrazole rings is 1. The predicted molar refractivity (Wildman–Crippen MR) is 99.4 cm³/mol. The Bertz CT molecular complexity index is 877. The largest absolute Gasteiger partial charge is 0.349 e. The molecule has 0 bridgehead atoms. The number of thioether (sulfide) groups is 1. The van der Waals surface area contributed by atoms with E-state index in [0.717, 1.165) is 5.56 Å². The molecule has 3 rings (SSSR count). The minimum Gasteiger partial charge on any atom is -0.349 e. The Morgan fingerprint density at radius 2 is 1.92 bits per heavy atom. The summed E-state index contributed by atoms with van der Waals surface area (Å²) >= 11 is 1.34. The third kappa shape index (κ3) is 4.17. The fourth-order valence-corrected chi connectivity index (χ4v) is 3.40. The number of hydrogen-bond acceptors (Lipinski definition) is 5. The molecule has 1 aromatic heterocycles. The molecule has 0 spiro atoms. The lowest BCUT2D eigenvalue weighted by Gasteiger charge is -2.15. The van der Waals surface area contributed by atoms with Crippen LogP contribution in [-0.4, -0.2) is 31.9 Å². The van der Waals surface area contributed by atoms with Crippen LogP contribution in [0.5, 0.6) is 0 Å². The Morgan fingerprint density at radius 1 is 1.16 bits per heavy atom. The van der Waals surface area contributed by atoms with Crippen molar-refractivity contribution in [1.82, 2.24) is 25.5 Å². The Labute approximate surface area is 151 Å². The first-order valence-corrected chi connectivity index (χ1v) is 9.22. The van der Waals surface area contributed by atoms with Crippen molar-refractivity contribution in [3.63, 3.8) is 0 Å². The molecule has 0 saturated carbocycles. The van der Waals surface area contributed by atoms with Gasteiger partial charge in [0.05, 0.1) is 17.8 Å². The van der Waals surface area contributed by atoms with E-state index in [1.54, 1.807) is 4.68 Å². The molecule has 1 atom stereocenters. The van der Waals surface area contributed by atoms with Crippen LogP contribution in [0.4, 0.5) is 0 Å². The molecule has 0 saturated heterocycles. The van der Waals surface area contributed by atoms with Crippen LogP contribution in [0.15, 0.2) is 47.6 Å². The number of amides is 1. The molecule has 1 unspecified atom stereocenters. The van der Waals surface area contributed by atoms with Gasteiger partial charge in [-0.3, -0.25) is 4.79 Å². The van der Waals surface area contributed by atoms with Crippen LogP contribution in [0.1, 0.15) is 38.4 Å². The van der Waals surface area contributed by atoms with Gasteiger partial charge in [-0.05, 0) is 53.6 Å². The molecule has 0 aliphatic rings. The Morgan fingerprint density at radius 3 is 2.68 bits per heavy atom. The number of carbonyl (C=O) groups excluding carboxylic acids is 1. The van der Waals surface area contributed by atoms with Crippen molar-refractivity contribution in [3.8, 4) is 0 Å². The molecule has 0 fully saturated rings. The summed E-state index contributed by atoms with van der Waals surface area (Å²) in [6.45, 7) is 6.00. The Balaban J connectivity index is 1.60. The fourth-order valence-electron chi connectivity index (χ4n) is 2.58. The second-order valence-corrected chi connectivity index (χ2v) is 7.13. The highest BCUT2D eigenvalue weighted by molar-refractivity contribution is 7.99. The molecule has 1 N–H and O–H groups in total. The molecule has 6 nitrogen and oxygen atoms in total. The van der Waals surface area contributed by atoms with Crippen molar-refractivity contribution in [2.45, 2.75) is 38.0 Å². The molecule has 130 valence electrons. The average molecular weight is 355 g/mol. The first kappa shape index (κ1) is 17.4. The second-order valence-electron chi connectivity index (χ2n) is 6.18. The number of aromatic nitrogens is 4. The number of nitrogens with zero attached hydrogens (tertiary/aromatic N) is 4. The number of benzene rings is 2. The van der Waals surface area contributed by atoms with Crippen LogP contribution >= 0.6 is 11.8 Å². The summed E-state index contributed by atoms with van der Waals surface area (Å²) < 4.78 is 1.71. The standard InChI is InChI=1S/C18H21N5OS/c1-12(2)23-18(20-21-22-23)25-11-17(24)19-13(3)15-9-8-14-6-4-5-7-16(14)10-15/h4-10,12-13H,11H2,1-3H3,(H,19,24). The van der Waals surface area contributed by atoms with Crippen LogP contribution in [0.3, 0.4) is 0 Å². The lowest BCUT2D eigenvalue weighted by molar-refractivity contribution is -0.119. The van der Waals surface area contributed by atoms with Crippen molar-refractivity contribution in [3.05, 3.63) is 48.0 Å². The lowest BCUT2D eigenvalue weighted by Crippen LogP contribution is -2.28. The van der Waals surface area contributed by atoms with Gasteiger partial charge in [-0.2, -0.15) is 0 Å². The molecule has 3 aromatic rings. The molecule has 7 heteroatoms. The van der Waals surface area contributed by atoms with Gasteiger partial charge in [0.2, 0.25) is 11.1 Å². The zero-order valence-electron chi connectivity index (χ0n) is 14.5. The normalized spacial score (nSPS) is 12.5. The Hall–Kier alpha value is -2.41. The van der Waals surface area contributed by atoms with Crippen molar-refractivity contribution in [1.29, 1.82) is 0 Å². The smallest absolute Gasteiger partial charge is 0.230 e. The third-order valence-corrected chi connectivity index (χ3v) is 4.87. The molecule has 0 radical (unpaired) electrons. The predicted octanol–water partition coefficient (Wildman–Crippen LogP) is 3.38. The van der Waals surface area contributed by atoms with Crippen molar-refractivity contribution in [2.24, 2.45) is 0 Å². The lowest BCUT2D eigenvalue weighted by atomic mass is 10.0. The SMILES string of the molecule is CC(NC(=O)CSc1nnnn1C(C)C)c1ccc2ccccc2c1. The molecular formula is C18H21N5OS. The van der Waals surface area contributed by atoms with Crippen LogP contribution in [0.2, 0.25) is 0 Å². The molecular weight excluding hydrogens is 334 g/mol. The summed E-state index contributed by atoms with van der Waals surface area (Å²) in [5.41, 5.74) is 1.09. The quantitative estimate of drug-likeness (QED) is 0.686.